The highest BCUT2D eigenvalue weighted by Gasteiger charge is 2.48. The number of ether oxygens (including phenoxy) is 1. The predicted octanol–water partition coefficient (Wildman–Crippen LogP) is 5.26. The van der Waals surface area contributed by atoms with Gasteiger partial charge >= 0.3 is 5.97 Å². The van der Waals surface area contributed by atoms with Crippen LogP contribution in [-0.4, -0.2) is 65.2 Å². The molecule has 3 heterocycles. The molecule has 2 N–H and O–H groups in total. The Kier molecular flexibility index (Phi) is 8.20. The number of nitrogens with one attached hydrogen (secondary N) is 1. The highest BCUT2D eigenvalue weighted by atomic mass is 16.6. The van der Waals surface area contributed by atoms with Crippen molar-refractivity contribution in [3.63, 3.8) is 0 Å². The molecule has 0 amide bonds. The highest BCUT2D eigenvalue weighted by molar-refractivity contribution is 5.94. The van der Waals surface area contributed by atoms with Crippen molar-refractivity contribution in [2.24, 2.45) is 10.9 Å². The minimum absolute atomic E-state index is 0.0322. The largest absolute Gasteiger partial charge is 0.512 e. The second-order valence-electron chi connectivity index (χ2n) is 12.4. The summed E-state index contributed by atoms with van der Waals surface area (Å²) in [6, 6.07) is 6.84. The first-order chi connectivity index (χ1) is 18.7. The highest BCUT2D eigenvalue weighted by Crippen LogP contribution is 2.46. The molecule has 1 saturated heterocycles. The second kappa shape index (κ2) is 11.5. The minimum Gasteiger partial charge on any atom is -0.512 e. The van der Waals surface area contributed by atoms with Crippen LogP contribution in [0.25, 0.3) is 0 Å². The van der Waals surface area contributed by atoms with E-state index in [4.69, 9.17) is 9.73 Å². The van der Waals surface area contributed by atoms with Crippen LogP contribution in [0.1, 0.15) is 82.4 Å². The molecule has 3 atom stereocenters. The quantitative estimate of drug-likeness (QED) is 0.421. The Morgan fingerprint density at radius 2 is 1.97 bits per heavy atom. The number of aliphatic hydroxyl groups excluding tert-OH is 1. The number of carbonyl (C=O) groups is 1. The van der Waals surface area contributed by atoms with Crippen LogP contribution in [0.2, 0.25) is 0 Å². The van der Waals surface area contributed by atoms with E-state index < -0.39 is 5.60 Å². The van der Waals surface area contributed by atoms with Crippen LogP contribution >= 0.6 is 0 Å². The molecule has 1 aromatic rings. The number of hydrogen-bond acceptors (Lipinski definition) is 7. The molecule has 0 spiro atoms. The van der Waals surface area contributed by atoms with Gasteiger partial charge in [0.2, 0.25) is 0 Å². The fourth-order valence-electron chi connectivity index (χ4n) is 7.15. The Labute approximate surface area is 234 Å². The summed E-state index contributed by atoms with van der Waals surface area (Å²) in [4.78, 5) is 22.7. The first-order valence-electron chi connectivity index (χ1n) is 14.8. The van der Waals surface area contributed by atoms with Gasteiger partial charge in [0, 0.05) is 43.4 Å². The summed E-state index contributed by atoms with van der Waals surface area (Å²) in [6.07, 6.45) is 9.88. The number of esters is 1. The predicted molar refractivity (Wildman–Crippen MR) is 155 cm³/mol. The van der Waals surface area contributed by atoms with E-state index in [-0.39, 0.29) is 24.1 Å². The van der Waals surface area contributed by atoms with Gasteiger partial charge in [-0.2, -0.15) is 0 Å². The van der Waals surface area contributed by atoms with Crippen molar-refractivity contribution in [3.8, 4) is 0 Å². The fraction of sp³-hybridized carbons (Fsp3) is 0.625. The Balaban J connectivity index is 1.32. The molecule has 5 rings (SSSR count). The number of allylic oxidation sites excluding steroid dienone is 2. The molecule has 2 fully saturated rings. The SMILES string of the molecule is CCc1cc(CCC2(C3CCCC3)CC(O)=C(CC3CN4C(C)=CC(C)=NC4N3)C(=O)O2)ccc1CN(C)C. The molecular formula is C32H46N4O3. The fourth-order valence-corrected chi connectivity index (χ4v) is 7.15. The number of aliphatic imine (C=N–C) groups is 1. The summed E-state index contributed by atoms with van der Waals surface area (Å²) < 4.78 is 6.42. The lowest BCUT2D eigenvalue weighted by atomic mass is 9.76. The molecule has 3 aliphatic heterocycles. The number of nitrogens with zero attached hydrogens (tertiary/aromatic N) is 3. The summed E-state index contributed by atoms with van der Waals surface area (Å²) in [5.41, 5.74) is 6.01. The third kappa shape index (κ3) is 5.94. The van der Waals surface area contributed by atoms with Crippen LogP contribution in [-0.2, 0) is 28.9 Å². The molecule has 39 heavy (non-hydrogen) atoms. The van der Waals surface area contributed by atoms with Gasteiger partial charge in [-0.1, -0.05) is 38.0 Å². The van der Waals surface area contributed by atoms with Gasteiger partial charge in [-0.05, 0) is 88.7 Å². The van der Waals surface area contributed by atoms with Crippen molar-refractivity contribution in [1.29, 1.82) is 0 Å². The zero-order valence-electron chi connectivity index (χ0n) is 24.4. The summed E-state index contributed by atoms with van der Waals surface area (Å²) in [5, 5.41) is 14.9. The van der Waals surface area contributed by atoms with E-state index in [0.717, 1.165) is 63.7 Å². The Bertz CT molecular complexity index is 1180. The van der Waals surface area contributed by atoms with Crippen molar-refractivity contribution >= 4 is 11.7 Å². The second-order valence-corrected chi connectivity index (χ2v) is 12.4. The first kappa shape index (κ1) is 27.9. The molecule has 0 radical (unpaired) electrons. The molecule has 1 aromatic carbocycles. The first-order valence-corrected chi connectivity index (χ1v) is 14.8. The van der Waals surface area contributed by atoms with Crippen LogP contribution in [0.4, 0.5) is 0 Å². The monoisotopic (exact) mass is 534 g/mol. The molecular weight excluding hydrogens is 488 g/mol. The number of aliphatic hydroxyl groups is 1. The van der Waals surface area contributed by atoms with Crippen LogP contribution < -0.4 is 5.32 Å². The average Bonchev–Trinajstić information content (AvgIpc) is 3.56. The van der Waals surface area contributed by atoms with Gasteiger partial charge in [0.15, 0.2) is 6.29 Å². The van der Waals surface area contributed by atoms with Crippen molar-refractivity contribution in [2.45, 2.75) is 103 Å². The van der Waals surface area contributed by atoms with Gasteiger partial charge < -0.3 is 19.6 Å². The molecule has 0 bridgehead atoms. The van der Waals surface area contributed by atoms with Crippen LogP contribution in [0.3, 0.4) is 0 Å². The van der Waals surface area contributed by atoms with E-state index in [1.165, 1.54) is 22.4 Å². The molecule has 3 unspecified atom stereocenters. The third-order valence-corrected chi connectivity index (χ3v) is 9.18. The molecule has 7 nitrogen and oxygen atoms in total. The number of aryl methyl sites for hydroxylation is 2. The van der Waals surface area contributed by atoms with Gasteiger partial charge in [-0.3, -0.25) is 10.3 Å². The Morgan fingerprint density at radius 1 is 1.21 bits per heavy atom. The van der Waals surface area contributed by atoms with Crippen molar-refractivity contribution in [2.75, 3.05) is 20.6 Å². The van der Waals surface area contributed by atoms with Crippen LogP contribution in [0.5, 0.6) is 0 Å². The summed E-state index contributed by atoms with van der Waals surface area (Å²) >= 11 is 0. The van der Waals surface area contributed by atoms with E-state index in [1.807, 2.05) is 6.92 Å². The van der Waals surface area contributed by atoms with Crippen LogP contribution in [0, 0.1) is 5.92 Å². The smallest absolute Gasteiger partial charge is 0.338 e. The van der Waals surface area contributed by atoms with E-state index in [1.54, 1.807) is 0 Å². The number of cyclic esters (lactones) is 1. The Hall–Kier alpha value is -2.64. The van der Waals surface area contributed by atoms with Gasteiger partial charge in [0.25, 0.3) is 0 Å². The number of hydrogen-bond donors (Lipinski definition) is 2. The lowest BCUT2D eigenvalue weighted by Gasteiger charge is -2.42. The zero-order valence-corrected chi connectivity index (χ0v) is 24.4. The molecule has 212 valence electrons. The lowest BCUT2D eigenvalue weighted by Crippen LogP contribution is -2.46. The molecule has 0 aromatic heterocycles. The molecule has 4 aliphatic rings. The molecule has 1 aliphatic carbocycles. The molecule has 1 saturated carbocycles. The summed E-state index contributed by atoms with van der Waals surface area (Å²) in [7, 11) is 4.20. The van der Waals surface area contributed by atoms with E-state index >= 15 is 0 Å². The third-order valence-electron chi connectivity index (χ3n) is 9.18. The normalized spacial score (nSPS) is 27.6. The number of benzene rings is 1. The van der Waals surface area contributed by atoms with Gasteiger partial charge in [-0.15, -0.1) is 0 Å². The minimum atomic E-state index is -0.628. The Morgan fingerprint density at radius 3 is 2.67 bits per heavy atom. The maximum absolute atomic E-state index is 13.5. The maximum atomic E-state index is 13.5. The van der Waals surface area contributed by atoms with Crippen LogP contribution in [0.15, 0.2) is 46.3 Å². The summed E-state index contributed by atoms with van der Waals surface area (Å²) in [5.74, 6) is 0.194. The standard InChI is InChI=1S/C32H46N4O3/c1-6-24-16-23(11-12-25(24)19-35(4)5)13-14-32(26-9-7-8-10-26)18-29(37)28(30(38)39-32)17-27-20-36-22(3)15-21(2)33-31(36)34-27/h11-12,15-16,26-27,31,34,37H,6-10,13-14,17-20H2,1-5H3. The van der Waals surface area contributed by atoms with Gasteiger partial charge in [0.05, 0.1) is 5.57 Å². The van der Waals surface area contributed by atoms with Gasteiger partial charge in [-0.25, -0.2) is 4.79 Å². The van der Waals surface area contributed by atoms with E-state index in [9.17, 15) is 9.90 Å². The van der Waals surface area contributed by atoms with Gasteiger partial charge in [0.1, 0.15) is 11.4 Å². The number of carbonyl (C=O) groups excluding carboxylic acids is 1. The van der Waals surface area contributed by atoms with E-state index in [0.29, 0.717) is 24.3 Å². The number of fused-ring (bicyclic) bond motifs is 1. The van der Waals surface area contributed by atoms with Crippen molar-refractivity contribution < 1.29 is 14.6 Å². The zero-order chi connectivity index (χ0) is 27.7. The van der Waals surface area contributed by atoms with Crippen molar-refractivity contribution in [1.82, 2.24) is 15.1 Å². The topological polar surface area (TPSA) is 77.4 Å². The average molecular weight is 535 g/mol. The lowest BCUT2D eigenvalue weighted by molar-refractivity contribution is -0.167. The summed E-state index contributed by atoms with van der Waals surface area (Å²) in [6.45, 7) is 8.00. The van der Waals surface area contributed by atoms with E-state index in [2.05, 4.69) is 67.3 Å². The molecule has 7 heteroatoms. The van der Waals surface area contributed by atoms with Crippen molar-refractivity contribution in [3.05, 3.63) is 58.0 Å². The maximum Gasteiger partial charge on any atom is 0.338 e. The number of rotatable bonds is 9.